The average molecular weight is 374 g/mol. The molecule has 0 atom stereocenters. The first-order chi connectivity index (χ1) is 13.6. The molecule has 0 aliphatic heterocycles. The summed E-state index contributed by atoms with van der Waals surface area (Å²) in [6.07, 6.45) is 5.67. The molecule has 3 heterocycles. The monoisotopic (exact) mass is 374 g/mol. The first-order valence-corrected chi connectivity index (χ1v) is 8.84. The van der Waals surface area contributed by atoms with Crippen LogP contribution in [0.3, 0.4) is 0 Å². The van der Waals surface area contributed by atoms with Gasteiger partial charge in [0.15, 0.2) is 5.82 Å². The summed E-state index contributed by atoms with van der Waals surface area (Å²) in [6, 6.07) is 11.3. The first kappa shape index (κ1) is 17.6. The van der Waals surface area contributed by atoms with E-state index in [4.69, 9.17) is 4.52 Å². The van der Waals surface area contributed by atoms with Crippen LogP contribution >= 0.6 is 0 Å². The zero-order valence-electron chi connectivity index (χ0n) is 15.5. The molecule has 140 valence electrons. The van der Waals surface area contributed by atoms with E-state index < -0.39 is 0 Å². The lowest BCUT2D eigenvalue weighted by Crippen LogP contribution is -2.13. The van der Waals surface area contributed by atoms with E-state index in [0.29, 0.717) is 23.2 Å². The molecule has 0 radical (unpaired) electrons. The van der Waals surface area contributed by atoms with Crippen molar-refractivity contribution in [1.82, 2.24) is 24.7 Å². The van der Waals surface area contributed by atoms with Crippen molar-refractivity contribution in [2.45, 2.75) is 20.3 Å². The second kappa shape index (κ2) is 7.43. The molecule has 0 fully saturated rings. The van der Waals surface area contributed by atoms with E-state index in [2.05, 4.69) is 25.4 Å². The molecule has 1 aromatic carbocycles. The number of amides is 1. The van der Waals surface area contributed by atoms with Crippen LogP contribution in [0.25, 0.3) is 17.3 Å². The Bertz CT molecular complexity index is 1110. The summed E-state index contributed by atoms with van der Waals surface area (Å²) >= 11 is 0. The van der Waals surface area contributed by atoms with Crippen molar-refractivity contribution in [3.63, 3.8) is 0 Å². The molecule has 0 unspecified atom stereocenters. The third kappa shape index (κ3) is 3.52. The predicted molar refractivity (Wildman–Crippen MR) is 103 cm³/mol. The Hall–Kier alpha value is -3.81. The number of carbonyl (C=O) groups is 1. The molecule has 3 aromatic heterocycles. The Kier molecular flexibility index (Phi) is 4.67. The van der Waals surface area contributed by atoms with Crippen molar-refractivity contribution in [3.8, 4) is 17.3 Å². The zero-order chi connectivity index (χ0) is 19.5. The van der Waals surface area contributed by atoms with Crippen LogP contribution in [0.1, 0.15) is 28.8 Å². The van der Waals surface area contributed by atoms with Gasteiger partial charge in [-0.05, 0) is 37.1 Å². The summed E-state index contributed by atoms with van der Waals surface area (Å²) in [5, 5.41) is 6.68. The third-order valence-corrected chi connectivity index (χ3v) is 4.25. The Labute approximate surface area is 161 Å². The fraction of sp³-hybridized carbons (Fsp3) is 0.150. The standard InChI is InChI=1S/C20H18N6O2/c1-3-14-6-4-5-7-16(14)24-19(27)17-11-26(12-22-17)18-9-8-15(10-21-18)20-23-13(2)25-28-20/h4-12H,3H2,1-2H3,(H,24,27). The first-order valence-electron chi connectivity index (χ1n) is 8.84. The van der Waals surface area contributed by atoms with Crippen LogP contribution in [0.2, 0.25) is 0 Å². The van der Waals surface area contributed by atoms with Crippen molar-refractivity contribution in [3.05, 3.63) is 72.2 Å². The quantitative estimate of drug-likeness (QED) is 0.574. The van der Waals surface area contributed by atoms with Gasteiger partial charge in [0.05, 0.1) is 5.56 Å². The largest absolute Gasteiger partial charge is 0.334 e. The van der Waals surface area contributed by atoms with Gasteiger partial charge >= 0.3 is 0 Å². The number of aryl methyl sites for hydroxylation is 2. The highest BCUT2D eigenvalue weighted by Crippen LogP contribution is 2.18. The van der Waals surface area contributed by atoms with Crippen molar-refractivity contribution < 1.29 is 9.32 Å². The number of anilines is 1. The van der Waals surface area contributed by atoms with Crippen molar-refractivity contribution in [1.29, 1.82) is 0 Å². The number of carbonyl (C=O) groups excluding carboxylic acids is 1. The van der Waals surface area contributed by atoms with Crippen LogP contribution in [-0.2, 0) is 6.42 Å². The van der Waals surface area contributed by atoms with E-state index in [1.54, 1.807) is 36.3 Å². The lowest BCUT2D eigenvalue weighted by Gasteiger charge is -2.08. The third-order valence-electron chi connectivity index (χ3n) is 4.25. The number of nitrogens with one attached hydrogen (secondary N) is 1. The fourth-order valence-electron chi connectivity index (χ4n) is 2.78. The van der Waals surface area contributed by atoms with E-state index in [1.165, 1.54) is 0 Å². The summed E-state index contributed by atoms with van der Waals surface area (Å²) in [6.45, 7) is 3.80. The number of imidazole rings is 1. The van der Waals surface area contributed by atoms with Crippen LogP contribution in [-0.4, -0.2) is 30.6 Å². The second-order valence-electron chi connectivity index (χ2n) is 6.18. The molecule has 8 heteroatoms. The number of rotatable bonds is 5. The van der Waals surface area contributed by atoms with Gasteiger partial charge in [-0.2, -0.15) is 4.98 Å². The summed E-state index contributed by atoms with van der Waals surface area (Å²) < 4.78 is 6.82. The maximum Gasteiger partial charge on any atom is 0.275 e. The van der Waals surface area contributed by atoms with Crippen LogP contribution < -0.4 is 5.32 Å². The fourth-order valence-corrected chi connectivity index (χ4v) is 2.78. The van der Waals surface area contributed by atoms with Crippen LogP contribution in [0.15, 0.2) is 59.6 Å². The highest BCUT2D eigenvalue weighted by Gasteiger charge is 2.13. The molecule has 28 heavy (non-hydrogen) atoms. The molecule has 0 aliphatic rings. The van der Waals surface area contributed by atoms with Crippen LogP contribution in [0.4, 0.5) is 5.69 Å². The molecular formula is C20H18N6O2. The maximum absolute atomic E-state index is 12.5. The number of pyridine rings is 1. The van der Waals surface area contributed by atoms with Crippen molar-refractivity contribution in [2.24, 2.45) is 0 Å². The van der Waals surface area contributed by atoms with E-state index in [-0.39, 0.29) is 5.91 Å². The summed E-state index contributed by atoms with van der Waals surface area (Å²) in [7, 11) is 0. The molecule has 0 aliphatic carbocycles. The molecule has 8 nitrogen and oxygen atoms in total. The molecule has 0 saturated carbocycles. The van der Waals surface area contributed by atoms with Crippen LogP contribution in [0, 0.1) is 6.92 Å². The smallest absolute Gasteiger partial charge is 0.275 e. The highest BCUT2D eigenvalue weighted by atomic mass is 16.5. The summed E-state index contributed by atoms with van der Waals surface area (Å²) in [5.74, 6) is 1.34. The Balaban J connectivity index is 1.51. The molecule has 1 amide bonds. The molecule has 4 rings (SSSR count). The number of benzene rings is 1. The number of hydrogen-bond acceptors (Lipinski definition) is 6. The van der Waals surface area contributed by atoms with Gasteiger partial charge in [-0.3, -0.25) is 9.36 Å². The van der Waals surface area contributed by atoms with Gasteiger partial charge < -0.3 is 9.84 Å². The van der Waals surface area contributed by atoms with Crippen LogP contribution in [0.5, 0.6) is 0 Å². The van der Waals surface area contributed by atoms with Crippen molar-refractivity contribution in [2.75, 3.05) is 5.32 Å². The molecule has 0 spiro atoms. The lowest BCUT2D eigenvalue weighted by atomic mass is 10.1. The average Bonchev–Trinajstić information content (AvgIpc) is 3.38. The Morgan fingerprint density at radius 1 is 1.18 bits per heavy atom. The van der Waals surface area contributed by atoms with E-state index in [0.717, 1.165) is 23.2 Å². The molecule has 4 aromatic rings. The van der Waals surface area contributed by atoms with E-state index in [9.17, 15) is 4.79 Å². The van der Waals surface area contributed by atoms with Gasteiger partial charge in [0.25, 0.3) is 11.8 Å². The van der Waals surface area contributed by atoms with Gasteiger partial charge in [-0.1, -0.05) is 30.3 Å². The topological polar surface area (TPSA) is 98.7 Å². The van der Waals surface area contributed by atoms with Gasteiger partial charge in [0.1, 0.15) is 17.8 Å². The minimum Gasteiger partial charge on any atom is -0.334 e. The van der Waals surface area contributed by atoms with E-state index in [1.807, 2.05) is 37.3 Å². The van der Waals surface area contributed by atoms with Gasteiger partial charge in [0, 0.05) is 18.1 Å². The van der Waals surface area contributed by atoms with E-state index >= 15 is 0 Å². The zero-order valence-corrected chi connectivity index (χ0v) is 15.5. The maximum atomic E-state index is 12.5. The normalized spacial score (nSPS) is 10.8. The summed E-state index contributed by atoms with van der Waals surface area (Å²) in [4.78, 5) is 25.3. The Morgan fingerprint density at radius 3 is 2.75 bits per heavy atom. The number of aromatic nitrogens is 5. The van der Waals surface area contributed by atoms with Gasteiger partial charge in [-0.25, -0.2) is 9.97 Å². The Morgan fingerprint density at radius 2 is 2.04 bits per heavy atom. The lowest BCUT2D eigenvalue weighted by molar-refractivity contribution is 0.102. The number of nitrogens with zero attached hydrogens (tertiary/aromatic N) is 5. The minimum absolute atomic E-state index is 0.266. The molecule has 0 bridgehead atoms. The van der Waals surface area contributed by atoms with Gasteiger partial charge in [0.2, 0.25) is 0 Å². The SMILES string of the molecule is CCc1ccccc1NC(=O)c1cn(-c2ccc(-c3nc(C)no3)cn2)cn1. The molecule has 1 N–H and O–H groups in total. The predicted octanol–water partition coefficient (Wildman–Crippen LogP) is 3.44. The minimum atomic E-state index is -0.266. The number of para-hydroxylation sites is 1. The molecule has 0 saturated heterocycles. The van der Waals surface area contributed by atoms with Gasteiger partial charge in [-0.15, -0.1) is 0 Å². The van der Waals surface area contributed by atoms with Crippen molar-refractivity contribution >= 4 is 11.6 Å². The highest BCUT2D eigenvalue weighted by molar-refractivity contribution is 6.03. The number of hydrogen-bond donors (Lipinski definition) is 1. The molecular weight excluding hydrogens is 356 g/mol. The second-order valence-corrected chi connectivity index (χ2v) is 6.18. The summed E-state index contributed by atoms with van der Waals surface area (Å²) in [5.41, 5.74) is 2.90.